The van der Waals surface area contributed by atoms with E-state index in [1.807, 2.05) is 0 Å². The Balaban J connectivity index is 1.60. The van der Waals surface area contributed by atoms with Crippen molar-refractivity contribution < 1.29 is 36.8 Å². The highest BCUT2D eigenvalue weighted by molar-refractivity contribution is 7.19. The molecule has 0 saturated carbocycles. The van der Waals surface area contributed by atoms with Gasteiger partial charge in [0.15, 0.2) is 5.13 Å². The van der Waals surface area contributed by atoms with E-state index in [4.69, 9.17) is 4.74 Å². The third-order valence-corrected chi connectivity index (χ3v) is 6.08. The van der Waals surface area contributed by atoms with E-state index in [0.29, 0.717) is 16.9 Å². The van der Waals surface area contributed by atoms with Crippen LogP contribution < -0.4 is 14.8 Å². The number of amides is 1. The lowest BCUT2D eigenvalue weighted by Crippen LogP contribution is -2.16. The van der Waals surface area contributed by atoms with Crippen molar-refractivity contribution in [1.29, 1.82) is 0 Å². The maximum absolute atomic E-state index is 13.4. The largest absolute Gasteiger partial charge is 0.573 e. The number of hydrogen-bond donors (Lipinski definition) is 1. The normalized spacial score (nSPS) is 11.2. The van der Waals surface area contributed by atoms with Gasteiger partial charge < -0.3 is 9.47 Å². The second kappa shape index (κ2) is 9.68. The van der Waals surface area contributed by atoms with E-state index in [1.165, 1.54) is 48.5 Å². The lowest BCUT2D eigenvalue weighted by Gasteiger charge is -2.10. The fourth-order valence-corrected chi connectivity index (χ4v) is 4.31. The minimum atomic E-state index is -4.84. The smallest absolute Gasteiger partial charge is 0.444 e. The van der Waals surface area contributed by atoms with Crippen LogP contribution in [0.4, 0.5) is 27.7 Å². The van der Waals surface area contributed by atoms with E-state index < -0.39 is 28.8 Å². The molecule has 0 aliphatic carbocycles. The van der Waals surface area contributed by atoms with Crippen LogP contribution in [0.15, 0.2) is 60.7 Å². The Hall–Kier alpha value is -4.04. The van der Waals surface area contributed by atoms with Gasteiger partial charge in [0.2, 0.25) is 5.06 Å². The quantitative estimate of drug-likeness (QED) is 0.161. The number of benzene rings is 2. The zero-order chi connectivity index (χ0) is 25.2. The van der Waals surface area contributed by atoms with Crippen molar-refractivity contribution in [2.75, 3.05) is 5.32 Å². The Labute approximate surface area is 201 Å². The summed E-state index contributed by atoms with van der Waals surface area (Å²) < 4.78 is 60.1. The van der Waals surface area contributed by atoms with Crippen LogP contribution in [-0.4, -0.2) is 22.2 Å². The number of ether oxygens (including phenoxy) is 2. The van der Waals surface area contributed by atoms with E-state index in [1.54, 1.807) is 0 Å². The van der Waals surface area contributed by atoms with Crippen LogP contribution in [0.3, 0.4) is 0 Å². The van der Waals surface area contributed by atoms with Crippen molar-refractivity contribution in [1.82, 2.24) is 4.98 Å². The first-order valence-electron chi connectivity index (χ1n) is 9.43. The first kappa shape index (κ1) is 24.1. The number of thiophene rings is 1. The van der Waals surface area contributed by atoms with Gasteiger partial charge in [-0.3, -0.25) is 20.2 Å². The van der Waals surface area contributed by atoms with Crippen molar-refractivity contribution in [2.45, 2.75) is 6.36 Å². The van der Waals surface area contributed by atoms with Gasteiger partial charge in [-0.15, -0.1) is 13.2 Å². The van der Waals surface area contributed by atoms with Gasteiger partial charge in [0, 0.05) is 11.6 Å². The summed E-state index contributed by atoms with van der Waals surface area (Å²) in [6, 6.07) is 12.4. The number of nitro groups is 1. The number of thiazole rings is 1. The number of halogens is 4. The van der Waals surface area contributed by atoms with Crippen molar-refractivity contribution in [3.8, 4) is 27.8 Å². The van der Waals surface area contributed by atoms with Gasteiger partial charge in [0.05, 0.1) is 9.80 Å². The summed E-state index contributed by atoms with van der Waals surface area (Å²) in [5, 5.41) is 13.4. The molecule has 2 heterocycles. The molecule has 4 aromatic rings. The third-order valence-electron chi connectivity index (χ3n) is 4.20. The highest BCUT2D eigenvalue weighted by Crippen LogP contribution is 2.41. The number of carbonyl (C=O) groups is 1. The molecule has 0 aliphatic rings. The second-order valence-electron chi connectivity index (χ2n) is 6.63. The van der Waals surface area contributed by atoms with Crippen LogP contribution in [0.1, 0.15) is 9.67 Å². The fourth-order valence-electron chi connectivity index (χ4n) is 2.74. The molecule has 14 heteroatoms. The molecule has 2 aromatic heterocycles. The third kappa shape index (κ3) is 6.10. The summed E-state index contributed by atoms with van der Waals surface area (Å²) in [6.45, 7) is 0. The van der Waals surface area contributed by atoms with Gasteiger partial charge in [-0.25, -0.2) is 9.37 Å². The first-order valence-corrected chi connectivity index (χ1v) is 11.1. The van der Waals surface area contributed by atoms with Gasteiger partial charge in [0.1, 0.15) is 23.0 Å². The molecule has 0 saturated heterocycles. The molecule has 0 fully saturated rings. The van der Waals surface area contributed by atoms with Gasteiger partial charge in [-0.2, -0.15) is 0 Å². The molecular weight excluding hydrogens is 514 g/mol. The van der Waals surface area contributed by atoms with Crippen molar-refractivity contribution in [3.05, 3.63) is 81.5 Å². The lowest BCUT2D eigenvalue weighted by atomic mass is 10.2. The van der Waals surface area contributed by atoms with Gasteiger partial charge in [-0.1, -0.05) is 22.7 Å². The molecule has 35 heavy (non-hydrogen) atoms. The Kier molecular flexibility index (Phi) is 6.66. The molecule has 0 atom stereocenters. The maximum atomic E-state index is 13.4. The molecule has 1 amide bonds. The predicted molar refractivity (Wildman–Crippen MR) is 120 cm³/mol. The SMILES string of the molecule is O=C(Nc1nc(-c2ccc(F)cc2)c(Oc2ccc(OC(F)(F)F)cc2)s1)c1ccc([N+](=O)[O-])s1. The molecular formula is C21H11F4N3O5S2. The minimum absolute atomic E-state index is 0.0809. The van der Waals surface area contributed by atoms with Crippen molar-refractivity contribution >= 4 is 38.7 Å². The van der Waals surface area contributed by atoms with Crippen LogP contribution in [0, 0.1) is 15.9 Å². The summed E-state index contributed by atoms with van der Waals surface area (Å²) in [5.74, 6) is -1.41. The van der Waals surface area contributed by atoms with Crippen LogP contribution in [-0.2, 0) is 0 Å². The van der Waals surface area contributed by atoms with Gasteiger partial charge in [0.25, 0.3) is 5.91 Å². The van der Waals surface area contributed by atoms with E-state index in [9.17, 15) is 32.5 Å². The maximum Gasteiger partial charge on any atom is 0.573 e. The highest BCUT2D eigenvalue weighted by Gasteiger charge is 2.31. The number of nitrogens with one attached hydrogen (secondary N) is 1. The molecule has 1 N–H and O–H groups in total. The summed E-state index contributed by atoms with van der Waals surface area (Å²) in [5.41, 5.74) is 0.681. The first-order chi connectivity index (χ1) is 16.6. The van der Waals surface area contributed by atoms with Gasteiger partial charge >= 0.3 is 11.4 Å². The van der Waals surface area contributed by atoms with Crippen LogP contribution in [0.25, 0.3) is 11.3 Å². The Bertz CT molecular complexity index is 1370. The molecule has 2 aromatic carbocycles. The number of carbonyl (C=O) groups excluding carboxylic acids is 1. The summed E-state index contributed by atoms with van der Waals surface area (Å²) in [4.78, 5) is 27.1. The van der Waals surface area contributed by atoms with Gasteiger partial charge in [-0.05, 0) is 54.6 Å². The summed E-state index contributed by atoms with van der Waals surface area (Å²) in [6.07, 6.45) is -4.84. The fraction of sp³-hybridized carbons (Fsp3) is 0.0476. The molecule has 0 bridgehead atoms. The molecule has 180 valence electrons. The number of alkyl halides is 3. The van der Waals surface area contributed by atoms with Crippen molar-refractivity contribution in [2.24, 2.45) is 0 Å². The monoisotopic (exact) mass is 525 g/mol. The number of aromatic nitrogens is 1. The zero-order valence-corrected chi connectivity index (χ0v) is 18.7. The van der Waals surface area contributed by atoms with E-state index >= 15 is 0 Å². The number of rotatable bonds is 7. The molecule has 0 spiro atoms. The standard InChI is InChI=1S/C21H11F4N3O5S2/c22-12-3-1-11(2-4-12)17-19(32-13-5-7-14(8-6-13)33-21(23,24)25)35-20(26-17)27-18(29)15-9-10-16(34-15)28(30)31/h1-10H,(H,26,27,29). The number of hydrogen-bond acceptors (Lipinski definition) is 8. The van der Waals surface area contributed by atoms with Crippen LogP contribution >= 0.6 is 22.7 Å². The lowest BCUT2D eigenvalue weighted by molar-refractivity contribution is -0.380. The van der Waals surface area contributed by atoms with E-state index in [2.05, 4.69) is 15.0 Å². The second-order valence-corrected chi connectivity index (χ2v) is 8.66. The molecule has 8 nitrogen and oxygen atoms in total. The molecule has 0 radical (unpaired) electrons. The number of anilines is 1. The van der Waals surface area contributed by atoms with E-state index in [-0.39, 0.29) is 31.5 Å². The average Bonchev–Trinajstić information content (AvgIpc) is 3.43. The van der Waals surface area contributed by atoms with Crippen LogP contribution in [0.5, 0.6) is 16.6 Å². The highest BCUT2D eigenvalue weighted by atomic mass is 32.1. The molecule has 0 aliphatic heterocycles. The molecule has 4 rings (SSSR count). The Morgan fingerprint density at radius 3 is 2.23 bits per heavy atom. The predicted octanol–water partition coefficient (Wildman–Crippen LogP) is 6.86. The van der Waals surface area contributed by atoms with Crippen LogP contribution in [0.2, 0.25) is 0 Å². The topological polar surface area (TPSA) is 104 Å². The zero-order valence-electron chi connectivity index (χ0n) is 17.0. The molecule has 0 unspecified atom stereocenters. The summed E-state index contributed by atoms with van der Waals surface area (Å²) in [7, 11) is 0. The van der Waals surface area contributed by atoms with E-state index in [0.717, 1.165) is 23.5 Å². The summed E-state index contributed by atoms with van der Waals surface area (Å²) >= 11 is 1.59. The Morgan fingerprint density at radius 1 is 0.971 bits per heavy atom. The Morgan fingerprint density at radius 2 is 1.63 bits per heavy atom. The minimum Gasteiger partial charge on any atom is -0.444 e. The van der Waals surface area contributed by atoms with Crippen molar-refractivity contribution in [3.63, 3.8) is 0 Å². The number of nitrogens with zero attached hydrogens (tertiary/aromatic N) is 2. The average molecular weight is 525 g/mol.